The van der Waals surface area contributed by atoms with Gasteiger partial charge in [-0.25, -0.2) is 4.39 Å². The summed E-state index contributed by atoms with van der Waals surface area (Å²) in [4.78, 5) is 2.38. The maximum Gasteiger partial charge on any atom is 0.123 e. The van der Waals surface area contributed by atoms with Gasteiger partial charge in [0.25, 0.3) is 0 Å². The molecule has 1 aromatic carbocycles. The van der Waals surface area contributed by atoms with E-state index in [1.165, 1.54) is 11.1 Å². The van der Waals surface area contributed by atoms with Crippen LogP contribution in [0.4, 0.5) is 4.39 Å². The first-order chi connectivity index (χ1) is 6.29. The highest BCUT2D eigenvalue weighted by molar-refractivity contribution is 5.29. The number of hydrogen-bond acceptors (Lipinski definition) is 1. The molecule has 0 N–H and O–H groups in total. The second-order valence-electron chi connectivity index (χ2n) is 3.53. The molecule has 1 heterocycles. The number of hydrogen-bond donors (Lipinski definition) is 0. The average molecular weight is 179 g/mol. The zero-order valence-electron chi connectivity index (χ0n) is 7.89. The first kappa shape index (κ1) is 8.70. The molecule has 0 radical (unpaired) electrons. The Bertz CT molecular complexity index is 309. The van der Waals surface area contributed by atoms with E-state index in [1.54, 1.807) is 12.1 Å². The van der Waals surface area contributed by atoms with Gasteiger partial charge in [-0.15, -0.1) is 0 Å². The van der Waals surface area contributed by atoms with Crippen LogP contribution in [0.2, 0.25) is 0 Å². The van der Waals surface area contributed by atoms with E-state index in [1.807, 2.05) is 6.07 Å². The Hall–Kier alpha value is -0.890. The molecule has 1 aliphatic heterocycles. The zero-order valence-corrected chi connectivity index (χ0v) is 7.89. The van der Waals surface area contributed by atoms with Crippen molar-refractivity contribution in [1.29, 1.82) is 0 Å². The minimum absolute atomic E-state index is 0.108. The van der Waals surface area contributed by atoms with Crippen molar-refractivity contribution in [2.75, 3.05) is 13.1 Å². The molecule has 13 heavy (non-hydrogen) atoms. The lowest BCUT2D eigenvalue weighted by Crippen LogP contribution is -2.30. The van der Waals surface area contributed by atoms with E-state index in [-0.39, 0.29) is 5.82 Å². The van der Waals surface area contributed by atoms with Gasteiger partial charge in [-0.2, -0.15) is 0 Å². The molecular formula is C11H14FN. The van der Waals surface area contributed by atoms with Crippen molar-refractivity contribution in [1.82, 2.24) is 4.90 Å². The molecule has 0 fully saturated rings. The first-order valence-corrected chi connectivity index (χ1v) is 4.79. The molecule has 1 aromatic rings. The number of nitrogens with zero attached hydrogens (tertiary/aromatic N) is 1. The molecule has 1 nitrogen and oxygen atoms in total. The second-order valence-corrected chi connectivity index (χ2v) is 3.53. The SMILES string of the molecule is CCN1CCc2cc(F)ccc2C1. The number of halogens is 1. The summed E-state index contributed by atoms with van der Waals surface area (Å²) >= 11 is 0. The van der Waals surface area contributed by atoms with Crippen LogP contribution < -0.4 is 0 Å². The van der Waals surface area contributed by atoms with E-state index in [4.69, 9.17) is 0 Å². The Morgan fingerprint density at radius 1 is 1.38 bits per heavy atom. The standard InChI is InChI=1S/C11H14FN/c1-2-13-6-5-9-7-11(12)4-3-10(9)8-13/h3-4,7H,2,5-6,8H2,1H3. The molecule has 70 valence electrons. The summed E-state index contributed by atoms with van der Waals surface area (Å²) in [7, 11) is 0. The van der Waals surface area contributed by atoms with E-state index in [2.05, 4.69) is 11.8 Å². The fourth-order valence-corrected chi connectivity index (χ4v) is 1.85. The van der Waals surface area contributed by atoms with Crippen molar-refractivity contribution in [3.8, 4) is 0 Å². The van der Waals surface area contributed by atoms with Crippen LogP contribution in [0.15, 0.2) is 18.2 Å². The van der Waals surface area contributed by atoms with Gasteiger partial charge in [-0.05, 0) is 36.2 Å². The zero-order chi connectivity index (χ0) is 9.26. The van der Waals surface area contributed by atoms with E-state index in [0.717, 1.165) is 26.1 Å². The van der Waals surface area contributed by atoms with Gasteiger partial charge in [0.15, 0.2) is 0 Å². The van der Waals surface area contributed by atoms with E-state index >= 15 is 0 Å². The Morgan fingerprint density at radius 3 is 3.00 bits per heavy atom. The predicted octanol–water partition coefficient (Wildman–Crippen LogP) is 2.20. The van der Waals surface area contributed by atoms with Gasteiger partial charge in [0.05, 0.1) is 0 Å². The topological polar surface area (TPSA) is 3.24 Å². The summed E-state index contributed by atoms with van der Waals surface area (Å²) in [6.07, 6.45) is 0.987. The number of fused-ring (bicyclic) bond motifs is 1. The Morgan fingerprint density at radius 2 is 2.23 bits per heavy atom. The van der Waals surface area contributed by atoms with Crippen LogP contribution in [0, 0.1) is 5.82 Å². The van der Waals surface area contributed by atoms with Crippen LogP contribution in [0.25, 0.3) is 0 Å². The van der Waals surface area contributed by atoms with Crippen molar-refractivity contribution in [3.05, 3.63) is 35.1 Å². The lowest BCUT2D eigenvalue weighted by atomic mass is 10.00. The highest BCUT2D eigenvalue weighted by atomic mass is 19.1. The first-order valence-electron chi connectivity index (χ1n) is 4.79. The third-order valence-electron chi connectivity index (χ3n) is 2.71. The third-order valence-corrected chi connectivity index (χ3v) is 2.71. The summed E-state index contributed by atoms with van der Waals surface area (Å²) < 4.78 is 12.9. The maximum atomic E-state index is 12.9. The molecule has 0 aliphatic carbocycles. The lowest BCUT2D eigenvalue weighted by molar-refractivity contribution is 0.267. The number of benzene rings is 1. The number of rotatable bonds is 1. The highest BCUT2D eigenvalue weighted by Gasteiger charge is 2.14. The third kappa shape index (κ3) is 1.73. The van der Waals surface area contributed by atoms with Crippen LogP contribution in [0.5, 0.6) is 0 Å². The molecular weight excluding hydrogens is 165 g/mol. The minimum atomic E-state index is -0.108. The van der Waals surface area contributed by atoms with Gasteiger partial charge in [0.2, 0.25) is 0 Å². The van der Waals surface area contributed by atoms with Crippen LogP contribution in [-0.2, 0) is 13.0 Å². The highest BCUT2D eigenvalue weighted by Crippen LogP contribution is 2.19. The van der Waals surface area contributed by atoms with Crippen LogP contribution in [0.1, 0.15) is 18.1 Å². The molecule has 0 saturated carbocycles. The molecule has 0 atom stereocenters. The van der Waals surface area contributed by atoms with Crippen molar-refractivity contribution in [2.24, 2.45) is 0 Å². The largest absolute Gasteiger partial charge is 0.299 e. The predicted molar refractivity (Wildman–Crippen MR) is 51.1 cm³/mol. The summed E-state index contributed by atoms with van der Waals surface area (Å²) in [6, 6.07) is 5.13. The monoisotopic (exact) mass is 179 g/mol. The lowest BCUT2D eigenvalue weighted by Gasteiger charge is -2.27. The van der Waals surface area contributed by atoms with E-state index in [0.29, 0.717) is 0 Å². The van der Waals surface area contributed by atoms with Gasteiger partial charge < -0.3 is 0 Å². The maximum absolute atomic E-state index is 12.9. The normalized spacial score (nSPS) is 17.1. The van der Waals surface area contributed by atoms with Crippen molar-refractivity contribution >= 4 is 0 Å². The van der Waals surface area contributed by atoms with E-state index < -0.39 is 0 Å². The molecule has 0 amide bonds. The van der Waals surface area contributed by atoms with Crippen molar-refractivity contribution in [3.63, 3.8) is 0 Å². The molecule has 0 aromatic heterocycles. The molecule has 2 heteroatoms. The Kier molecular flexibility index (Phi) is 2.32. The van der Waals surface area contributed by atoms with Crippen LogP contribution in [-0.4, -0.2) is 18.0 Å². The van der Waals surface area contributed by atoms with Crippen LogP contribution in [0.3, 0.4) is 0 Å². The van der Waals surface area contributed by atoms with Gasteiger partial charge in [0.1, 0.15) is 5.82 Å². The molecule has 2 rings (SSSR count). The number of likely N-dealkylation sites (N-methyl/N-ethyl adjacent to an activating group) is 1. The smallest absolute Gasteiger partial charge is 0.123 e. The van der Waals surface area contributed by atoms with Gasteiger partial charge >= 0.3 is 0 Å². The molecule has 1 aliphatic rings. The van der Waals surface area contributed by atoms with Gasteiger partial charge in [0, 0.05) is 13.1 Å². The van der Waals surface area contributed by atoms with Crippen molar-refractivity contribution < 1.29 is 4.39 Å². The minimum Gasteiger partial charge on any atom is -0.299 e. The second kappa shape index (κ2) is 3.46. The Labute approximate surface area is 78.2 Å². The van der Waals surface area contributed by atoms with Gasteiger partial charge in [-0.3, -0.25) is 4.90 Å². The molecule has 0 saturated heterocycles. The quantitative estimate of drug-likeness (QED) is 0.639. The van der Waals surface area contributed by atoms with E-state index in [9.17, 15) is 4.39 Å². The summed E-state index contributed by atoms with van der Waals surface area (Å²) in [5.41, 5.74) is 2.47. The molecule has 0 bridgehead atoms. The fraction of sp³-hybridized carbons (Fsp3) is 0.455. The van der Waals surface area contributed by atoms with Gasteiger partial charge in [-0.1, -0.05) is 13.0 Å². The summed E-state index contributed by atoms with van der Waals surface area (Å²) in [5, 5.41) is 0. The summed E-state index contributed by atoms with van der Waals surface area (Å²) in [5.74, 6) is -0.108. The fourth-order valence-electron chi connectivity index (χ4n) is 1.85. The summed E-state index contributed by atoms with van der Waals surface area (Å²) in [6.45, 7) is 5.28. The van der Waals surface area contributed by atoms with Crippen molar-refractivity contribution in [2.45, 2.75) is 19.9 Å². The van der Waals surface area contributed by atoms with Crippen LogP contribution >= 0.6 is 0 Å². The Balaban J connectivity index is 2.26. The molecule has 0 unspecified atom stereocenters. The molecule has 0 spiro atoms. The average Bonchev–Trinajstić information content (AvgIpc) is 2.17.